The van der Waals surface area contributed by atoms with E-state index in [-0.39, 0.29) is 5.91 Å². The fraction of sp³-hybridized carbons (Fsp3) is 0.176. The zero-order valence-corrected chi connectivity index (χ0v) is 12.8. The number of fused-ring (bicyclic) bond motifs is 2. The molecule has 0 saturated heterocycles. The smallest absolute Gasteiger partial charge is 0.265 e. The first-order valence-electron chi connectivity index (χ1n) is 7.12. The van der Waals surface area contributed by atoms with Crippen molar-refractivity contribution in [3.05, 3.63) is 53.0 Å². The van der Waals surface area contributed by atoms with E-state index in [9.17, 15) is 4.79 Å². The number of amides is 1. The largest absolute Gasteiger partial charge is 0.480 e. The Morgan fingerprint density at radius 3 is 3.05 bits per heavy atom. The van der Waals surface area contributed by atoms with Crippen molar-refractivity contribution in [1.82, 2.24) is 4.98 Å². The Labute approximate surface area is 131 Å². The van der Waals surface area contributed by atoms with E-state index >= 15 is 0 Å². The second-order valence-corrected chi connectivity index (χ2v) is 6.56. The highest BCUT2D eigenvalue weighted by Gasteiger charge is 2.28. The molecule has 2 heterocycles. The Morgan fingerprint density at radius 2 is 2.18 bits per heavy atom. The number of hydrogen-bond acceptors (Lipinski definition) is 4. The van der Waals surface area contributed by atoms with Crippen LogP contribution in [0.4, 0.5) is 5.69 Å². The van der Waals surface area contributed by atoms with Crippen molar-refractivity contribution in [1.29, 1.82) is 0 Å². The molecule has 1 amide bonds. The van der Waals surface area contributed by atoms with Crippen molar-refractivity contribution in [3.63, 3.8) is 0 Å². The average molecular weight is 310 g/mol. The second-order valence-electron chi connectivity index (χ2n) is 5.32. The summed E-state index contributed by atoms with van der Waals surface area (Å²) in [4.78, 5) is 16.8. The van der Waals surface area contributed by atoms with Crippen LogP contribution in [0, 0.1) is 6.92 Å². The predicted molar refractivity (Wildman–Crippen MR) is 87.5 cm³/mol. The molecule has 110 valence electrons. The number of para-hydroxylation sites is 1. The van der Waals surface area contributed by atoms with E-state index < -0.39 is 6.10 Å². The molecule has 0 saturated carbocycles. The van der Waals surface area contributed by atoms with Gasteiger partial charge in [-0.15, -0.1) is 11.3 Å². The van der Waals surface area contributed by atoms with E-state index in [1.165, 1.54) is 0 Å². The van der Waals surface area contributed by atoms with Gasteiger partial charge in [0.05, 0.1) is 15.2 Å². The number of benzene rings is 2. The maximum absolute atomic E-state index is 12.4. The van der Waals surface area contributed by atoms with E-state index in [1.54, 1.807) is 11.3 Å². The summed E-state index contributed by atoms with van der Waals surface area (Å²) in [5, 5.41) is 3.96. The minimum atomic E-state index is -0.462. The zero-order chi connectivity index (χ0) is 15.1. The van der Waals surface area contributed by atoms with Gasteiger partial charge in [-0.2, -0.15) is 0 Å². The Kier molecular flexibility index (Phi) is 3.08. The van der Waals surface area contributed by atoms with Crippen molar-refractivity contribution >= 4 is 33.1 Å². The third-order valence-electron chi connectivity index (χ3n) is 3.70. The van der Waals surface area contributed by atoms with Crippen LogP contribution in [0.25, 0.3) is 10.2 Å². The highest BCUT2D eigenvalue weighted by molar-refractivity contribution is 7.18. The summed E-state index contributed by atoms with van der Waals surface area (Å²) in [6, 6.07) is 13.5. The molecular formula is C17H14N2O2S. The number of carbonyl (C=O) groups excluding carboxylic acids is 1. The second kappa shape index (κ2) is 5.10. The van der Waals surface area contributed by atoms with Gasteiger partial charge in [0.1, 0.15) is 5.75 Å². The quantitative estimate of drug-likeness (QED) is 0.787. The molecule has 1 atom stereocenters. The first-order chi connectivity index (χ1) is 10.7. The zero-order valence-electron chi connectivity index (χ0n) is 12.0. The fourth-order valence-corrected chi connectivity index (χ4v) is 3.54. The number of rotatable bonds is 2. The monoisotopic (exact) mass is 310 g/mol. The number of anilines is 1. The first-order valence-corrected chi connectivity index (χ1v) is 7.93. The van der Waals surface area contributed by atoms with Crippen LogP contribution in [0.3, 0.4) is 0 Å². The molecule has 22 heavy (non-hydrogen) atoms. The summed E-state index contributed by atoms with van der Waals surface area (Å²) in [6.07, 6.45) is 0.153. The summed E-state index contributed by atoms with van der Waals surface area (Å²) in [5.41, 5.74) is 2.82. The highest BCUT2D eigenvalue weighted by Crippen LogP contribution is 2.29. The molecule has 4 rings (SSSR count). The van der Waals surface area contributed by atoms with Crippen molar-refractivity contribution in [2.45, 2.75) is 19.4 Å². The fourth-order valence-electron chi connectivity index (χ4n) is 2.67. The lowest BCUT2D eigenvalue weighted by molar-refractivity contribution is -0.122. The SMILES string of the molecule is Cc1nc2ccc(NC(=O)[C@H]3Cc4ccccc4O3)cc2s1. The molecule has 1 aliphatic heterocycles. The molecule has 0 radical (unpaired) electrons. The predicted octanol–water partition coefficient (Wildman–Crippen LogP) is 3.55. The summed E-state index contributed by atoms with van der Waals surface area (Å²) < 4.78 is 6.79. The molecule has 0 fully saturated rings. The van der Waals surface area contributed by atoms with E-state index in [1.807, 2.05) is 49.4 Å². The van der Waals surface area contributed by atoms with Crippen molar-refractivity contribution in [3.8, 4) is 5.75 Å². The van der Waals surface area contributed by atoms with Gasteiger partial charge in [0.2, 0.25) is 0 Å². The number of nitrogens with zero attached hydrogens (tertiary/aromatic N) is 1. The maximum atomic E-state index is 12.4. The van der Waals surface area contributed by atoms with Crippen LogP contribution in [0.2, 0.25) is 0 Å². The number of nitrogens with one attached hydrogen (secondary N) is 1. The minimum absolute atomic E-state index is 0.114. The van der Waals surface area contributed by atoms with Gasteiger partial charge >= 0.3 is 0 Å². The van der Waals surface area contributed by atoms with Crippen LogP contribution in [0.1, 0.15) is 10.6 Å². The molecule has 0 spiro atoms. The van der Waals surface area contributed by atoms with Gasteiger partial charge in [0.25, 0.3) is 5.91 Å². The van der Waals surface area contributed by atoms with Crippen molar-refractivity contribution in [2.24, 2.45) is 0 Å². The molecule has 3 aromatic rings. The Hall–Kier alpha value is -2.40. The summed E-state index contributed by atoms with van der Waals surface area (Å²) >= 11 is 1.62. The maximum Gasteiger partial charge on any atom is 0.265 e. The van der Waals surface area contributed by atoms with Crippen molar-refractivity contribution < 1.29 is 9.53 Å². The Morgan fingerprint density at radius 1 is 1.32 bits per heavy atom. The lowest BCUT2D eigenvalue weighted by Gasteiger charge is -2.11. The lowest BCUT2D eigenvalue weighted by Crippen LogP contribution is -2.31. The molecule has 0 unspecified atom stereocenters. The molecule has 1 aromatic heterocycles. The normalized spacial score (nSPS) is 16.3. The van der Waals surface area contributed by atoms with Gasteiger partial charge in [-0.1, -0.05) is 18.2 Å². The van der Waals surface area contributed by atoms with E-state index in [0.717, 1.165) is 32.2 Å². The van der Waals surface area contributed by atoms with Gasteiger partial charge in [-0.05, 0) is 36.8 Å². The van der Waals surface area contributed by atoms with Crippen LogP contribution in [0.15, 0.2) is 42.5 Å². The first kappa shape index (κ1) is 13.3. The summed E-state index contributed by atoms with van der Waals surface area (Å²) in [6.45, 7) is 1.98. The number of aryl methyl sites for hydroxylation is 1. The van der Waals surface area contributed by atoms with Gasteiger partial charge in [0.15, 0.2) is 6.10 Å². The molecule has 1 aliphatic rings. The number of aromatic nitrogens is 1. The van der Waals surface area contributed by atoms with E-state index in [4.69, 9.17) is 4.74 Å². The molecule has 1 N–H and O–H groups in total. The minimum Gasteiger partial charge on any atom is -0.480 e. The molecule has 0 aliphatic carbocycles. The van der Waals surface area contributed by atoms with Gasteiger partial charge in [0, 0.05) is 12.1 Å². The topological polar surface area (TPSA) is 51.2 Å². The lowest BCUT2D eigenvalue weighted by atomic mass is 10.1. The molecule has 0 bridgehead atoms. The highest BCUT2D eigenvalue weighted by atomic mass is 32.1. The summed E-state index contributed by atoms with van der Waals surface area (Å²) in [7, 11) is 0. The van der Waals surface area contributed by atoms with Crippen LogP contribution < -0.4 is 10.1 Å². The Balaban J connectivity index is 1.52. The van der Waals surface area contributed by atoms with Gasteiger partial charge in [-0.3, -0.25) is 4.79 Å². The number of thiazole rings is 1. The molecule has 2 aromatic carbocycles. The molecule has 4 nitrogen and oxygen atoms in total. The van der Waals surface area contributed by atoms with Crippen LogP contribution >= 0.6 is 11.3 Å². The number of hydrogen-bond donors (Lipinski definition) is 1. The number of ether oxygens (including phenoxy) is 1. The number of carbonyl (C=O) groups is 1. The average Bonchev–Trinajstić information content (AvgIpc) is 3.08. The molecule has 5 heteroatoms. The molecular weight excluding hydrogens is 296 g/mol. The van der Waals surface area contributed by atoms with Gasteiger partial charge < -0.3 is 10.1 Å². The summed E-state index contributed by atoms with van der Waals surface area (Å²) in [5.74, 6) is 0.688. The van der Waals surface area contributed by atoms with E-state index in [0.29, 0.717) is 6.42 Å². The van der Waals surface area contributed by atoms with Crippen LogP contribution in [-0.4, -0.2) is 17.0 Å². The van der Waals surface area contributed by atoms with E-state index in [2.05, 4.69) is 10.3 Å². The standard InChI is InChI=1S/C17H14N2O2S/c1-10-18-13-7-6-12(9-16(13)22-10)19-17(20)15-8-11-4-2-3-5-14(11)21-15/h2-7,9,15H,8H2,1H3,(H,19,20)/t15-/m1/s1. The third kappa shape index (κ3) is 2.33. The third-order valence-corrected chi connectivity index (χ3v) is 4.64. The van der Waals surface area contributed by atoms with Crippen molar-refractivity contribution in [2.75, 3.05) is 5.32 Å². The van der Waals surface area contributed by atoms with Crippen LogP contribution in [-0.2, 0) is 11.2 Å². The Bertz CT molecular complexity index is 847. The van der Waals surface area contributed by atoms with Gasteiger partial charge in [-0.25, -0.2) is 4.98 Å². The van der Waals surface area contributed by atoms with Crippen LogP contribution in [0.5, 0.6) is 5.75 Å².